The standard InChI is InChI=1S/C17H26BNO6S2/c20-13-6-5-11(9-15(13)22)14(21)10-16(18(24)25)19-17(23)4-2-1-3-12-7-8-26-27-12/h5-6,9,12,14,16,20-22,24-25H,1-4,7-8,10H2,(H,19,23)/t12-,14+,16?/m1/s1. The molecule has 0 aromatic heterocycles. The number of rotatable bonds is 10. The van der Waals surface area contributed by atoms with Gasteiger partial charge in [0.25, 0.3) is 0 Å². The van der Waals surface area contributed by atoms with Gasteiger partial charge in [-0.3, -0.25) is 4.79 Å². The lowest BCUT2D eigenvalue weighted by Gasteiger charge is -2.21. The van der Waals surface area contributed by atoms with Gasteiger partial charge in [-0.05, 0) is 43.4 Å². The van der Waals surface area contributed by atoms with E-state index in [0.717, 1.165) is 19.3 Å². The van der Waals surface area contributed by atoms with Crippen LogP contribution < -0.4 is 5.32 Å². The van der Waals surface area contributed by atoms with Crippen molar-refractivity contribution in [1.82, 2.24) is 5.32 Å². The van der Waals surface area contributed by atoms with E-state index >= 15 is 0 Å². The molecule has 6 N–H and O–H groups in total. The molecule has 1 aromatic rings. The van der Waals surface area contributed by atoms with Crippen molar-refractivity contribution < 1.29 is 30.2 Å². The summed E-state index contributed by atoms with van der Waals surface area (Å²) >= 11 is 0. The molecule has 0 bridgehead atoms. The molecule has 0 saturated carbocycles. The molecule has 0 aliphatic carbocycles. The maximum atomic E-state index is 12.1. The van der Waals surface area contributed by atoms with E-state index < -0.39 is 19.2 Å². The molecular formula is C17H26BNO6S2. The topological polar surface area (TPSA) is 130 Å². The number of aliphatic hydroxyl groups excluding tert-OH is 1. The highest BCUT2D eigenvalue weighted by Crippen LogP contribution is 2.39. The summed E-state index contributed by atoms with van der Waals surface area (Å²) in [5.74, 6) is -0.830. The van der Waals surface area contributed by atoms with Crippen molar-refractivity contribution in [2.45, 2.75) is 55.8 Å². The Labute approximate surface area is 167 Å². The van der Waals surface area contributed by atoms with Crippen molar-refractivity contribution in [1.29, 1.82) is 0 Å². The van der Waals surface area contributed by atoms with Crippen LogP contribution in [-0.4, -0.2) is 55.3 Å². The highest BCUT2D eigenvalue weighted by atomic mass is 33.1. The fourth-order valence-corrected chi connectivity index (χ4v) is 5.91. The summed E-state index contributed by atoms with van der Waals surface area (Å²) in [7, 11) is 1.98. The SMILES string of the molecule is O=C(CCCC[C@@H]1CCSS1)NC(C[C@H](O)c1ccc(O)c(O)c1)B(O)O. The van der Waals surface area contributed by atoms with Crippen LogP contribution in [0, 0.1) is 0 Å². The summed E-state index contributed by atoms with van der Waals surface area (Å²) in [6.45, 7) is 0. The molecule has 1 unspecified atom stereocenters. The molecule has 3 atom stereocenters. The zero-order valence-electron chi connectivity index (χ0n) is 15.0. The Morgan fingerprint density at radius 1 is 1.26 bits per heavy atom. The molecule has 1 aliphatic rings. The molecule has 10 heteroatoms. The molecule has 0 spiro atoms. The maximum Gasteiger partial charge on any atom is 0.475 e. The number of hydrogen-bond donors (Lipinski definition) is 6. The summed E-state index contributed by atoms with van der Waals surface area (Å²) in [5, 5.41) is 51.3. The molecule has 0 radical (unpaired) electrons. The second kappa shape index (κ2) is 11.1. The first-order valence-electron chi connectivity index (χ1n) is 9.00. The highest BCUT2D eigenvalue weighted by Gasteiger charge is 2.28. The number of aromatic hydroxyl groups is 2. The van der Waals surface area contributed by atoms with Crippen LogP contribution in [0.2, 0.25) is 0 Å². The van der Waals surface area contributed by atoms with Gasteiger partial charge in [-0.25, -0.2) is 0 Å². The largest absolute Gasteiger partial charge is 0.504 e. The first kappa shape index (κ1) is 22.2. The van der Waals surface area contributed by atoms with E-state index in [9.17, 15) is 30.2 Å². The van der Waals surface area contributed by atoms with Crippen molar-refractivity contribution in [2.75, 3.05) is 5.75 Å². The quantitative estimate of drug-likeness (QED) is 0.148. The Bertz CT molecular complexity index is 615. The van der Waals surface area contributed by atoms with Crippen molar-refractivity contribution >= 4 is 34.6 Å². The molecule has 7 nitrogen and oxygen atoms in total. The smallest absolute Gasteiger partial charge is 0.475 e. The maximum absolute atomic E-state index is 12.1. The van der Waals surface area contributed by atoms with Gasteiger partial charge in [0.2, 0.25) is 5.91 Å². The molecule has 1 aliphatic heterocycles. The van der Waals surface area contributed by atoms with E-state index in [1.165, 1.54) is 30.4 Å². The van der Waals surface area contributed by atoms with Crippen molar-refractivity contribution in [3.63, 3.8) is 0 Å². The fraction of sp³-hybridized carbons (Fsp3) is 0.588. The summed E-state index contributed by atoms with van der Waals surface area (Å²) in [6.07, 6.45) is 3.00. The van der Waals surface area contributed by atoms with Crippen molar-refractivity contribution in [3.8, 4) is 11.5 Å². The number of amides is 1. The molecule has 27 heavy (non-hydrogen) atoms. The number of hydrogen-bond acceptors (Lipinski definition) is 8. The number of unbranched alkanes of at least 4 members (excludes halogenated alkanes) is 1. The minimum absolute atomic E-state index is 0.135. The molecule has 1 amide bonds. The number of aliphatic hydroxyl groups is 1. The Morgan fingerprint density at radius 3 is 2.67 bits per heavy atom. The minimum atomic E-state index is -1.82. The number of nitrogens with one attached hydrogen (secondary N) is 1. The normalized spacial score (nSPS) is 18.9. The van der Waals surface area contributed by atoms with Crippen LogP contribution in [0.3, 0.4) is 0 Å². The number of carbonyl (C=O) groups is 1. The van der Waals surface area contributed by atoms with E-state index in [2.05, 4.69) is 5.32 Å². The second-order valence-corrected chi connectivity index (χ2v) is 9.45. The van der Waals surface area contributed by atoms with Crippen LogP contribution in [0.1, 0.15) is 50.2 Å². The van der Waals surface area contributed by atoms with E-state index in [1.807, 2.05) is 21.6 Å². The van der Waals surface area contributed by atoms with Gasteiger partial charge in [0.05, 0.1) is 12.0 Å². The summed E-state index contributed by atoms with van der Waals surface area (Å²) in [4.78, 5) is 12.1. The monoisotopic (exact) mass is 415 g/mol. The van der Waals surface area contributed by atoms with E-state index in [0.29, 0.717) is 17.2 Å². The van der Waals surface area contributed by atoms with Crippen LogP contribution >= 0.6 is 21.6 Å². The van der Waals surface area contributed by atoms with Crippen LogP contribution in [0.5, 0.6) is 11.5 Å². The van der Waals surface area contributed by atoms with Gasteiger partial charge in [0.1, 0.15) is 0 Å². The Morgan fingerprint density at radius 2 is 2.04 bits per heavy atom. The molecule has 150 valence electrons. The fourth-order valence-electron chi connectivity index (χ4n) is 2.88. The number of phenols is 2. The zero-order valence-corrected chi connectivity index (χ0v) is 16.6. The summed E-state index contributed by atoms with van der Waals surface area (Å²) < 4.78 is 0. The minimum Gasteiger partial charge on any atom is -0.504 e. The van der Waals surface area contributed by atoms with Crippen molar-refractivity contribution in [2.24, 2.45) is 0 Å². The van der Waals surface area contributed by atoms with Gasteiger partial charge >= 0.3 is 7.12 Å². The van der Waals surface area contributed by atoms with E-state index in [-0.39, 0.29) is 23.8 Å². The van der Waals surface area contributed by atoms with Crippen LogP contribution in [0.25, 0.3) is 0 Å². The molecule has 1 heterocycles. The van der Waals surface area contributed by atoms with Gasteiger partial charge in [0.15, 0.2) is 11.5 Å². The predicted octanol–water partition coefficient (Wildman–Crippen LogP) is 1.73. The summed E-state index contributed by atoms with van der Waals surface area (Å²) in [6, 6.07) is 3.85. The lowest BCUT2D eigenvalue weighted by molar-refractivity contribution is -0.121. The number of phenolic OH excluding ortho intramolecular Hbond substituents is 2. The third-order valence-corrected chi connectivity index (χ3v) is 7.48. The Balaban J connectivity index is 1.77. The highest BCUT2D eigenvalue weighted by molar-refractivity contribution is 8.77. The molecular weight excluding hydrogens is 389 g/mol. The molecule has 1 saturated heterocycles. The van der Waals surface area contributed by atoms with Gasteiger partial charge in [-0.1, -0.05) is 34.1 Å². The van der Waals surface area contributed by atoms with E-state index in [4.69, 9.17) is 0 Å². The van der Waals surface area contributed by atoms with Gasteiger partial charge in [0, 0.05) is 17.4 Å². The van der Waals surface area contributed by atoms with Crippen LogP contribution in [0.15, 0.2) is 18.2 Å². The molecule has 2 rings (SSSR count). The van der Waals surface area contributed by atoms with Gasteiger partial charge < -0.3 is 30.7 Å². The van der Waals surface area contributed by atoms with Crippen molar-refractivity contribution in [3.05, 3.63) is 23.8 Å². The molecule has 1 aromatic carbocycles. The number of benzene rings is 1. The van der Waals surface area contributed by atoms with Gasteiger partial charge in [-0.2, -0.15) is 0 Å². The Hall–Kier alpha value is -1.07. The molecule has 1 fully saturated rings. The number of carbonyl (C=O) groups excluding carboxylic acids is 1. The third-order valence-electron chi connectivity index (χ3n) is 4.47. The van der Waals surface area contributed by atoms with E-state index in [1.54, 1.807) is 0 Å². The predicted molar refractivity (Wildman–Crippen MR) is 108 cm³/mol. The van der Waals surface area contributed by atoms with Gasteiger partial charge in [-0.15, -0.1) is 0 Å². The first-order valence-corrected chi connectivity index (χ1v) is 11.4. The van der Waals surface area contributed by atoms with Crippen LogP contribution in [-0.2, 0) is 4.79 Å². The second-order valence-electron chi connectivity index (χ2n) is 6.66. The first-order chi connectivity index (χ1) is 12.9. The average molecular weight is 415 g/mol. The van der Waals surface area contributed by atoms with Crippen LogP contribution in [0.4, 0.5) is 0 Å². The lowest BCUT2D eigenvalue weighted by atomic mass is 9.75. The average Bonchev–Trinajstić information content (AvgIpc) is 3.13. The third kappa shape index (κ3) is 7.46. The Kier molecular flexibility index (Phi) is 9.11. The summed E-state index contributed by atoms with van der Waals surface area (Å²) in [5.41, 5.74) is 0.303. The lowest BCUT2D eigenvalue weighted by Crippen LogP contribution is -2.47. The zero-order chi connectivity index (χ0) is 19.8.